The van der Waals surface area contributed by atoms with Crippen LogP contribution in [0.25, 0.3) is 0 Å². The van der Waals surface area contributed by atoms with Crippen molar-refractivity contribution in [3.05, 3.63) is 59.9 Å². The lowest BCUT2D eigenvalue weighted by molar-refractivity contribution is -0.109. The van der Waals surface area contributed by atoms with Gasteiger partial charge in [0.2, 0.25) is 0 Å². The Balaban J connectivity index is 2.23. The molecule has 0 saturated carbocycles. The van der Waals surface area contributed by atoms with Crippen molar-refractivity contribution in [2.24, 2.45) is 0 Å². The summed E-state index contributed by atoms with van der Waals surface area (Å²) >= 11 is 0.857. The second-order valence-electron chi connectivity index (χ2n) is 4.85. The van der Waals surface area contributed by atoms with E-state index >= 15 is 0 Å². The van der Waals surface area contributed by atoms with Gasteiger partial charge >= 0.3 is 0 Å². The van der Waals surface area contributed by atoms with Gasteiger partial charge < -0.3 is 0 Å². The molecule has 0 unspecified atom stereocenters. The van der Waals surface area contributed by atoms with Crippen LogP contribution in [-0.4, -0.2) is 25.1 Å². The third-order valence-corrected chi connectivity index (χ3v) is 5.14. The highest BCUT2D eigenvalue weighted by Crippen LogP contribution is 2.19. The number of benzene rings is 2. The second-order valence-corrected chi connectivity index (χ2v) is 7.68. The number of sulfonamides is 1. The SMILES string of the molecule is CC(=O)SCC(=O)c1cccc(S(=O)(=O)Nc2cccc(F)c2)c1. The summed E-state index contributed by atoms with van der Waals surface area (Å²) in [5.74, 6) is -0.978. The van der Waals surface area contributed by atoms with Gasteiger partial charge in [0.15, 0.2) is 10.9 Å². The number of halogens is 1. The van der Waals surface area contributed by atoms with E-state index in [-0.39, 0.29) is 32.8 Å². The van der Waals surface area contributed by atoms with Gasteiger partial charge in [-0.2, -0.15) is 0 Å². The van der Waals surface area contributed by atoms with Crippen molar-refractivity contribution in [3.8, 4) is 0 Å². The Morgan fingerprint density at radius 3 is 2.50 bits per heavy atom. The largest absolute Gasteiger partial charge is 0.293 e. The summed E-state index contributed by atoms with van der Waals surface area (Å²) < 4.78 is 40.1. The Kier molecular flexibility index (Phi) is 5.74. The van der Waals surface area contributed by atoms with E-state index in [1.54, 1.807) is 0 Å². The van der Waals surface area contributed by atoms with E-state index in [2.05, 4.69) is 4.72 Å². The molecule has 8 heteroatoms. The number of hydrogen-bond acceptors (Lipinski definition) is 5. The fraction of sp³-hybridized carbons (Fsp3) is 0.125. The van der Waals surface area contributed by atoms with Crippen LogP contribution >= 0.6 is 11.8 Å². The molecule has 2 rings (SSSR count). The van der Waals surface area contributed by atoms with Crippen molar-refractivity contribution < 1.29 is 22.4 Å². The minimum absolute atomic E-state index is 0.0594. The lowest BCUT2D eigenvalue weighted by Gasteiger charge is -2.09. The molecule has 126 valence electrons. The first-order chi connectivity index (χ1) is 11.3. The summed E-state index contributed by atoms with van der Waals surface area (Å²) in [4.78, 5) is 22.8. The molecule has 0 atom stereocenters. The highest BCUT2D eigenvalue weighted by molar-refractivity contribution is 8.14. The van der Waals surface area contributed by atoms with Gasteiger partial charge in [0, 0.05) is 12.5 Å². The van der Waals surface area contributed by atoms with E-state index in [1.165, 1.54) is 49.4 Å². The number of thioether (sulfide) groups is 1. The van der Waals surface area contributed by atoms with Gasteiger partial charge in [-0.25, -0.2) is 12.8 Å². The van der Waals surface area contributed by atoms with Gasteiger partial charge in [0.25, 0.3) is 10.0 Å². The van der Waals surface area contributed by atoms with Gasteiger partial charge in [-0.3, -0.25) is 14.3 Å². The third kappa shape index (κ3) is 4.90. The van der Waals surface area contributed by atoms with E-state index in [4.69, 9.17) is 0 Å². The number of rotatable bonds is 6. The first kappa shape index (κ1) is 18.2. The third-order valence-electron chi connectivity index (χ3n) is 2.95. The molecule has 0 aliphatic carbocycles. The molecule has 0 saturated heterocycles. The molecule has 0 aliphatic heterocycles. The summed E-state index contributed by atoms with van der Waals surface area (Å²) in [6.45, 7) is 1.35. The van der Waals surface area contributed by atoms with Crippen molar-refractivity contribution in [3.63, 3.8) is 0 Å². The molecule has 0 amide bonds. The normalized spacial score (nSPS) is 11.1. The zero-order valence-corrected chi connectivity index (χ0v) is 14.3. The van der Waals surface area contributed by atoms with Gasteiger partial charge in [-0.1, -0.05) is 30.0 Å². The zero-order chi connectivity index (χ0) is 17.7. The van der Waals surface area contributed by atoms with Crippen LogP contribution in [0.3, 0.4) is 0 Å². The first-order valence-electron chi connectivity index (χ1n) is 6.83. The van der Waals surface area contributed by atoms with Gasteiger partial charge in [-0.05, 0) is 30.3 Å². The van der Waals surface area contributed by atoms with Crippen LogP contribution < -0.4 is 4.72 Å². The molecular weight excluding hydrogens is 353 g/mol. The zero-order valence-electron chi connectivity index (χ0n) is 12.7. The van der Waals surface area contributed by atoms with Crippen LogP contribution in [0.5, 0.6) is 0 Å². The Hall–Kier alpha value is -2.19. The highest BCUT2D eigenvalue weighted by atomic mass is 32.2. The van der Waals surface area contributed by atoms with Crippen molar-refractivity contribution >= 4 is 38.4 Å². The van der Waals surface area contributed by atoms with Gasteiger partial charge in [0.1, 0.15) is 5.82 Å². The quantitative estimate of drug-likeness (QED) is 0.794. The van der Waals surface area contributed by atoms with E-state index in [0.717, 1.165) is 17.8 Å². The van der Waals surface area contributed by atoms with E-state index in [0.29, 0.717) is 0 Å². The molecule has 0 aliphatic rings. The maximum absolute atomic E-state index is 13.2. The van der Waals surface area contributed by atoms with Crippen molar-refractivity contribution in [1.82, 2.24) is 0 Å². The summed E-state index contributed by atoms with van der Waals surface area (Å²) in [6, 6.07) is 10.5. The molecule has 0 aromatic heterocycles. The fourth-order valence-corrected chi connectivity index (χ4v) is 3.45. The van der Waals surface area contributed by atoms with E-state index < -0.39 is 15.8 Å². The average Bonchev–Trinajstić information content (AvgIpc) is 2.52. The summed E-state index contributed by atoms with van der Waals surface area (Å²) in [5.41, 5.74) is 0.268. The van der Waals surface area contributed by atoms with Crippen molar-refractivity contribution in [2.75, 3.05) is 10.5 Å². The number of ketones is 1. The van der Waals surface area contributed by atoms with E-state index in [9.17, 15) is 22.4 Å². The number of hydrogen-bond donors (Lipinski definition) is 1. The minimum Gasteiger partial charge on any atom is -0.293 e. The number of carbonyl (C=O) groups is 2. The van der Waals surface area contributed by atoms with Crippen LogP contribution in [0.1, 0.15) is 17.3 Å². The summed E-state index contributed by atoms with van der Waals surface area (Å²) in [5, 5.41) is -0.195. The van der Waals surface area contributed by atoms with Crippen LogP contribution in [-0.2, 0) is 14.8 Å². The van der Waals surface area contributed by atoms with E-state index in [1.807, 2.05) is 0 Å². The Labute approximate surface area is 143 Å². The maximum Gasteiger partial charge on any atom is 0.261 e. The number of carbonyl (C=O) groups excluding carboxylic acids is 2. The summed E-state index contributed by atoms with van der Waals surface area (Å²) in [6.07, 6.45) is 0. The smallest absolute Gasteiger partial charge is 0.261 e. The predicted molar refractivity (Wildman–Crippen MR) is 91.1 cm³/mol. The molecule has 0 spiro atoms. The van der Waals surface area contributed by atoms with Crippen LogP contribution in [0.4, 0.5) is 10.1 Å². The average molecular weight is 367 g/mol. The molecule has 0 fully saturated rings. The topological polar surface area (TPSA) is 80.3 Å². The number of anilines is 1. The van der Waals surface area contributed by atoms with Crippen LogP contribution in [0, 0.1) is 5.82 Å². The van der Waals surface area contributed by atoms with Gasteiger partial charge in [-0.15, -0.1) is 0 Å². The highest BCUT2D eigenvalue weighted by Gasteiger charge is 2.17. The Morgan fingerprint density at radius 1 is 1.12 bits per heavy atom. The monoisotopic (exact) mass is 367 g/mol. The molecule has 24 heavy (non-hydrogen) atoms. The van der Waals surface area contributed by atoms with Crippen LogP contribution in [0.15, 0.2) is 53.4 Å². The molecular formula is C16H14FNO4S2. The van der Waals surface area contributed by atoms with Gasteiger partial charge in [0.05, 0.1) is 16.3 Å². The summed E-state index contributed by atoms with van der Waals surface area (Å²) in [7, 11) is -3.96. The fourth-order valence-electron chi connectivity index (χ4n) is 1.85. The molecule has 1 N–H and O–H groups in total. The van der Waals surface area contributed by atoms with Crippen LogP contribution in [0.2, 0.25) is 0 Å². The molecule has 5 nitrogen and oxygen atoms in total. The lowest BCUT2D eigenvalue weighted by atomic mass is 10.1. The maximum atomic E-state index is 13.2. The molecule has 0 bridgehead atoms. The van der Waals surface area contributed by atoms with Crippen molar-refractivity contribution in [1.29, 1.82) is 0 Å². The Morgan fingerprint density at radius 2 is 1.83 bits per heavy atom. The Bertz CT molecular complexity index is 881. The number of nitrogens with one attached hydrogen (secondary N) is 1. The standard InChI is InChI=1S/C16H14FNO4S2/c1-11(19)23-10-16(20)12-4-2-7-15(8-12)24(21,22)18-14-6-3-5-13(17)9-14/h2-9,18H,10H2,1H3. The number of Topliss-reactive ketones (excluding diaryl/α,β-unsaturated/α-hetero) is 1. The molecule has 0 radical (unpaired) electrons. The minimum atomic E-state index is -3.96. The lowest BCUT2D eigenvalue weighted by Crippen LogP contribution is -2.14. The second kappa shape index (κ2) is 7.59. The molecule has 2 aromatic rings. The van der Waals surface area contributed by atoms with Crippen molar-refractivity contribution in [2.45, 2.75) is 11.8 Å². The molecule has 2 aromatic carbocycles. The first-order valence-corrected chi connectivity index (χ1v) is 9.30. The predicted octanol–water partition coefficient (Wildman–Crippen LogP) is 3.09. The molecule has 0 heterocycles.